The molecule has 2 atom stereocenters. The number of benzene rings is 1. The van der Waals surface area contributed by atoms with Gasteiger partial charge in [0.15, 0.2) is 0 Å². The first-order valence-electron chi connectivity index (χ1n) is 9.06. The fourth-order valence-electron chi connectivity index (χ4n) is 3.45. The predicted octanol–water partition coefficient (Wildman–Crippen LogP) is 5.86. The largest absolute Gasteiger partial charge is 0.508 e. The minimum Gasteiger partial charge on any atom is -0.508 e. The maximum Gasteiger partial charge on any atom is 0.123 e. The molecule has 2 nitrogen and oxygen atoms in total. The van der Waals surface area contributed by atoms with E-state index in [1.54, 1.807) is 6.07 Å². The van der Waals surface area contributed by atoms with Gasteiger partial charge in [-0.3, -0.25) is 0 Å². The van der Waals surface area contributed by atoms with E-state index in [0.29, 0.717) is 11.7 Å². The Morgan fingerprint density at radius 2 is 1.82 bits per heavy atom. The molecule has 1 aromatic carbocycles. The zero-order chi connectivity index (χ0) is 16.0. The molecule has 0 radical (unpaired) electrons. The highest BCUT2D eigenvalue weighted by molar-refractivity contribution is 5.42. The highest BCUT2D eigenvalue weighted by Gasteiger charge is 2.37. The number of fused-ring (bicyclic) bond motifs is 1. The van der Waals surface area contributed by atoms with Gasteiger partial charge in [-0.15, -0.1) is 0 Å². The molecule has 1 N–H and O–H groups in total. The second-order valence-electron chi connectivity index (χ2n) is 7.18. The van der Waals surface area contributed by atoms with Crippen LogP contribution in [0.5, 0.6) is 11.5 Å². The number of unbranched alkanes of at least 4 members (excludes halogenated alkanes) is 6. The zero-order valence-electron chi connectivity index (χ0n) is 14.5. The fourth-order valence-corrected chi connectivity index (χ4v) is 3.45. The van der Waals surface area contributed by atoms with Crippen molar-refractivity contribution < 1.29 is 9.84 Å². The van der Waals surface area contributed by atoms with Gasteiger partial charge in [0.1, 0.15) is 17.1 Å². The Bertz CT molecular complexity index is 469. The van der Waals surface area contributed by atoms with E-state index < -0.39 is 0 Å². The topological polar surface area (TPSA) is 29.5 Å². The van der Waals surface area contributed by atoms with Crippen molar-refractivity contribution in [3.8, 4) is 11.5 Å². The molecule has 2 unspecified atom stereocenters. The van der Waals surface area contributed by atoms with E-state index in [2.05, 4.69) is 20.8 Å². The van der Waals surface area contributed by atoms with E-state index in [1.807, 2.05) is 12.1 Å². The van der Waals surface area contributed by atoms with Gasteiger partial charge >= 0.3 is 0 Å². The molecule has 0 saturated heterocycles. The molecule has 0 spiro atoms. The van der Waals surface area contributed by atoms with Gasteiger partial charge in [-0.05, 0) is 55.9 Å². The van der Waals surface area contributed by atoms with Gasteiger partial charge in [-0.2, -0.15) is 0 Å². The summed E-state index contributed by atoms with van der Waals surface area (Å²) in [5.41, 5.74) is 1.08. The van der Waals surface area contributed by atoms with Crippen LogP contribution in [0.4, 0.5) is 0 Å². The van der Waals surface area contributed by atoms with Gasteiger partial charge in [0, 0.05) is 0 Å². The SMILES string of the molecule is CCCCCCCCCC1(C)Oc2ccc(O)cc2CC1C. The van der Waals surface area contributed by atoms with E-state index in [-0.39, 0.29) is 5.60 Å². The van der Waals surface area contributed by atoms with Crippen molar-refractivity contribution in [1.82, 2.24) is 0 Å². The molecule has 0 aliphatic carbocycles. The summed E-state index contributed by atoms with van der Waals surface area (Å²) in [5, 5.41) is 9.61. The Morgan fingerprint density at radius 1 is 1.14 bits per heavy atom. The van der Waals surface area contributed by atoms with Crippen molar-refractivity contribution >= 4 is 0 Å². The number of hydrogen-bond acceptors (Lipinski definition) is 2. The number of rotatable bonds is 8. The summed E-state index contributed by atoms with van der Waals surface area (Å²) < 4.78 is 6.32. The molecule has 0 bridgehead atoms. The third-order valence-electron chi connectivity index (χ3n) is 5.23. The Hall–Kier alpha value is -1.18. The lowest BCUT2D eigenvalue weighted by molar-refractivity contribution is 0.00716. The summed E-state index contributed by atoms with van der Waals surface area (Å²) in [6.07, 6.45) is 11.5. The summed E-state index contributed by atoms with van der Waals surface area (Å²) in [5.74, 6) is 1.79. The van der Waals surface area contributed by atoms with Crippen LogP contribution in [0.15, 0.2) is 18.2 Å². The Balaban J connectivity index is 1.81. The number of phenols is 1. The molecule has 0 fully saturated rings. The first-order chi connectivity index (χ1) is 10.5. The molecule has 22 heavy (non-hydrogen) atoms. The van der Waals surface area contributed by atoms with Crippen LogP contribution in [-0.2, 0) is 6.42 Å². The minimum atomic E-state index is -0.0621. The van der Waals surface area contributed by atoms with Gasteiger partial charge in [0.25, 0.3) is 0 Å². The van der Waals surface area contributed by atoms with Crippen molar-refractivity contribution in [3.05, 3.63) is 23.8 Å². The second-order valence-corrected chi connectivity index (χ2v) is 7.18. The van der Waals surface area contributed by atoms with Crippen LogP contribution < -0.4 is 4.74 Å². The highest BCUT2D eigenvalue weighted by Crippen LogP contribution is 2.40. The van der Waals surface area contributed by atoms with Crippen LogP contribution in [0.3, 0.4) is 0 Å². The van der Waals surface area contributed by atoms with Crippen LogP contribution in [0.2, 0.25) is 0 Å². The average molecular weight is 304 g/mol. The molecular weight excluding hydrogens is 272 g/mol. The molecule has 0 amide bonds. The molecule has 1 aromatic rings. The van der Waals surface area contributed by atoms with E-state index >= 15 is 0 Å². The van der Waals surface area contributed by atoms with Crippen molar-refractivity contribution in [3.63, 3.8) is 0 Å². The minimum absolute atomic E-state index is 0.0621. The van der Waals surface area contributed by atoms with E-state index in [9.17, 15) is 5.11 Å². The third kappa shape index (κ3) is 4.41. The smallest absolute Gasteiger partial charge is 0.123 e. The molecule has 2 heteroatoms. The second kappa shape index (κ2) is 7.89. The maximum atomic E-state index is 9.61. The quantitative estimate of drug-likeness (QED) is 0.609. The lowest BCUT2D eigenvalue weighted by atomic mass is 9.79. The Labute approximate surface area is 135 Å². The monoisotopic (exact) mass is 304 g/mol. The predicted molar refractivity (Wildman–Crippen MR) is 92.6 cm³/mol. The van der Waals surface area contributed by atoms with Crippen LogP contribution in [0.25, 0.3) is 0 Å². The number of hydrogen-bond donors (Lipinski definition) is 1. The van der Waals surface area contributed by atoms with Crippen LogP contribution in [0.1, 0.15) is 77.7 Å². The van der Waals surface area contributed by atoms with Crippen molar-refractivity contribution in [2.75, 3.05) is 0 Å². The summed E-state index contributed by atoms with van der Waals surface area (Å²) in [7, 11) is 0. The summed E-state index contributed by atoms with van der Waals surface area (Å²) in [6.45, 7) is 6.79. The number of phenolic OH excluding ortho intramolecular Hbond substituents is 1. The van der Waals surface area contributed by atoms with E-state index in [1.165, 1.54) is 44.9 Å². The summed E-state index contributed by atoms with van der Waals surface area (Å²) in [6, 6.07) is 5.49. The van der Waals surface area contributed by atoms with Crippen molar-refractivity contribution in [2.24, 2.45) is 5.92 Å². The van der Waals surface area contributed by atoms with Gasteiger partial charge in [0.2, 0.25) is 0 Å². The van der Waals surface area contributed by atoms with E-state index in [0.717, 1.165) is 24.2 Å². The molecule has 0 saturated carbocycles. The third-order valence-corrected chi connectivity index (χ3v) is 5.23. The molecule has 124 valence electrons. The van der Waals surface area contributed by atoms with Gasteiger partial charge in [0.05, 0.1) is 0 Å². The average Bonchev–Trinajstić information content (AvgIpc) is 2.48. The zero-order valence-corrected chi connectivity index (χ0v) is 14.5. The van der Waals surface area contributed by atoms with Gasteiger partial charge in [-0.1, -0.05) is 52.4 Å². The van der Waals surface area contributed by atoms with Crippen LogP contribution in [-0.4, -0.2) is 10.7 Å². The highest BCUT2D eigenvalue weighted by atomic mass is 16.5. The lowest BCUT2D eigenvalue weighted by Gasteiger charge is -2.41. The van der Waals surface area contributed by atoms with Crippen LogP contribution >= 0.6 is 0 Å². The first-order valence-corrected chi connectivity index (χ1v) is 9.06. The Kier molecular flexibility index (Phi) is 6.16. The Morgan fingerprint density at radius 3 is 2.55 bits per heavy atom. The number of aromatic hydroxyl groups is 1. The molecule has 1 heterocycles. The van der Waals surface area contributed by atoms with Crippen molar-refractivity contribution in [2.45, 2.75) is 84.2 Å². The van der Waals surface area contributed by atoms with Crippen LogP contribution in [0, 0.1) is 5.92 Å². The summed E-state index contributed by atoms with van der Waals surface area (Å²) >= 11 is 0. The van der Waals surface area contributed by atoms with Crippen molar-refractivity contribution in [1.29, 1.82) is 0 Å². The maximum absolute atomic E-state index is 9.61. The van der Waals surface area contributed by atoms with E-state index in [4.69, 9.17) is 4.74 Å². The normalized spacial score (nSPS) is 23.9. The molecule has 2 rings (SSSR count). The summed E-state index contributed by atoms with van der Waals surface area (Å²) in [4.78, 5) is 0. The van der Waals surface area contributed by atoms with Gasteiger partial charge in [-0.25, -0.2) is 0 Å². The molecule has 1 aliphatic rings. The lowest BCUT2D eigenvalue weighted by Crippen LogP contribution is -2.43. The molecule has 1 aliphatic heterocycles. The molecular formula is C20H32O2. The molecule has 0 aromatic heterocycles. The number of ether oxygens (including phenoxy) is 1. The first kappa shape index (κ1) is 17.2. The fraction of sp³-hybridized carbons (Fsp3) is 0.700. The van der Waals surface area contributed by atoms with Gasteiger partial charge < -0.3 is 9.84 Å². The standard InChI is InChI=1S/C20H32O2/c1-4-5-6-7-8-9-10-13-20(3)16(2)14-17-15-18(21)11-12-19(17)22-20/h11-12,15-16,21H,4-10,13-14H2,1-3H3.